The second-order valence-electron chi connectivity index (χ2n) is 5.91. The number of aromatic nitrogens is 1. The number of carbonyl (C=O) groups is 1. The third-order valence-electron chi connectivity index (χ3n) is 3.82. The fourth-order valence-electron chi connectivity index (χ4n) is 1.82. The molecule has 1 aromatic heterocycles. The number of fused-ring (bicyclic) bond motifs is 1. The second kappa shape index (κ2) is 6.00. The summed E-state index contributed by atoms with van der Waals surface area (Å²) in [4.78, 5) is 18.5. The van der Waals surface area contributed by atoms with Crippen molar-refractivity contribution in [1.29, 1.82) is 0 Å². The minimum Gasteiger partial charge on any atom is -0.349 e. The Morgan fingerprint density at radius 3 is 2.67 bits per heavy atom. The first kappa shape index (κ1) is 15.7. The lowest BCUT2D eigenvalue weighted by Gasteiger charge is -2.32. The molecule has 1 N–H and O–H groups in total. The van der Waals surface area contributed by atoms with Crippen LogP contribution >= 0.6 is 11.6 Å². The van der Waals surface area contributed by atoms with Crippen LogP contribution in [0.25, 0.3) is 10.8 Å². The van der Waals surface area contributed by atoms with Crippen LogP contribution in [0.3, 0.4) is 0 Å². The first-order chi connectivity index (χ1) is 9.81. The first-order valence-electron chi connectivity index (χ1n) is 6.82. The lowest BCUT2D eigenvalue weighted by molar-refractivity contribution is 0.0915. The van der Waals surface area contributed by atoms with Gasteiger partial charge in [-0.25, -0.2) is 4.98 Å². The van der Waals surface area contributed by atoms with E-state index in [1.54, 1.807) is 6.07 Å². The molecule has 0 aliphatic heterocycles. The minimum atomic E-state index is -0.211. The highest BCUT2D eigenvalue weighted by molar-refractivity contribution is 6.34. The average molecular weight is 306 g/mol. The van der Waals surface area contributed by atoms with E-state index < -0.39 is 0 Å². The zero-order valence-corrected chi connectivity index (χ0v) is 13.5. The Labute approximate surface area is 130 Å². The molecule has 0 radical (unpaired) electrons. The van der Waals surface area contributed by atoms with Crippen LogP contribution in [0.1, 0.15) is 24.3 Å². The van der Waals surface area contributed by atoms with Gasteiger partial charge in [0.1, 0.15) is 10.8 Å². The number of halogens is 1. The third-order valence-corrected chi connectivity index (χ3v) is 4.11. The number of likely N-dealkylation sites (N-methyl/N-ethyl adjacent to an activating group) is 1. The molecular weight excluding hydrogens is 286 g/mol. The van der Waals surface area contributed by atoms with Gasteiger partial charge in [0, 0.05) is 17.5 Å². The van der Waals surface area contributed by atoms with Crippen LogP contribution < -0.4 is 5.32 Å². The van der Waals surface area contributed by atoms with Gasteiger partial charge in [-0.15, -0.1) is 0 Å². The summed E-state index contributed by atoms with van der Waals surface area (Å²) in [5.74, 6) is -0.211. The number of hydrogen-bond donors (Lipinski definition) is 1. The normalized spacial score (nSPS) is 11.9. The number of hydrogen-bond acceptors (Lipinski definition) is 3. The highest BCUT2D eigenvalue weighted by Gasteiger charge is 2.22. The fraction of sp³-hybridized carbons (Fsp3) is 0.375. The van der Waals surface area contributed by atoms with E-state index in [2.05, 4.69) is 29.0 Å². The molecule has 5 heteroatoms. The quantitative estimate of drug-likeness (QED) is 0.883. The highest BCUT2D eigenvalue weighted by Crippen LogP contribution is 2.22. The van der Waals surface area contributed by atoms with Crippen LogP contribution in [0.15, 0.2) is 30.3 Å². The van der Waals surface area contributed by atoms with Gasteiger partial charge in [0.05, 0.1) is 0 Å². The Kier molecular flexibility index (Phi) is 4.49. The van der Waals surface area contributed by atoms with Crippen LogP contribution in [0, 0.1) is 0 Å². The maximum Gasteiger partial charge on any atom is 0.270 e. The van der Waals surface area contributed by atoms with Gasteiger partial charge < -0.3 is 10.2 Å². The van der Waals surface area contributed by atoms with Gasteiger partial charge in [-0.3, -0.25) is 4.79 Å². The molecule has 0 aliphatic carbocycles. The van der Waals surface area contributed by atoms with Crippen molar-refractivity contribution in [2.45, 2.75) is 19.4 Å². The van der Waals surface area contributed by atoms with Crippen molar-refractivity contribution in [3.8, 4) is 0 Å². The molecule has 0 aliphatic rings. The lowest BCUT2D eigenvalue weighted by atomic mass is 10.0. The van der Waals surface area contributed by atoms with Crippen molar-refractivity contribution >= 4 is 28.3 Å². The van der Waals surface area contributed by atoms with Crippen molar-refractivity contribution in [2.75, 3.05) is 20.6 Å². The average Bonchev–Trinajstić information content (AvgIpc) is 2.44. The Morgan fingerprint density at radius 1 is 1.33 bits per heavy atom. The fourth-order valence-corrected chi connectivity index (χ4v) is 2.08. The number of benzene rings is 1. The van der Waals surface area contributed by atoms with E-state index in [4.69, 9.17) is 11.6 Å². The van der Waals surface area contributed by atoms with Gasteiger partial charge in [-0.2, -0.15) is 0 Å². The molecule has 112 valence electrons. The van der Waals surface area contributed by atoms with Crippen molar-refractivity contribution in [1.82, 2.24) is 15.2 Å². The molecule has 0 fully saturated rings. The number of nitrogens with one attached hydrogen (secondary N) is 1. The van der Waals surface area contributed by atoms with E-state index in [0.717, 1.165) is 10.8 Å². The van der Waals surface area contributed by atoms with Crippen molar-refractivity contribution in [3.05, 3.63) is 41.2 Å². The Hall–Kier alpha value is -1.65. The molecule has 2 rings (SSSR count). The molecule has 0 saturated heterocycles. The molecule has 4 nitrogen and oxygen atoms in total. The van der Waals surface area contributed by atoms with Crippen LogP contribution in [-0.4, -0.2) is 42.0 Å². The van der Waals surface area contributed by atoms with Gasteiger partial charge >= 0.3 is 0 Å². The van der Waals surface area contributed by atoms with Crippen LogP contribution in [0.4, 0.5) is 0 Å². The highest BCUT2D eigenvalue weighted by atomic mass is 35.5. The molecule has 0 atom stereocenters. The van der Waals surface area contributed by atoms with Crippen LogP contribution in [0.5, 0.6) is 0 Å². The number of nitrogens with zero attached hydrogens (tertiary/aromatic N) is 2. The summed E-state index contributed by atoms with van der Waals surface area (Å²) in [5, 5.41) is 5.03. The van der Waals surface area contributed by atoms with E-state index in [1.165, 1.54) is 0 Å². The summed E-state index contributed by atoms with van der Waals surface area (Å²) in [6, 6.07) is 9.38. The summed E-state index contributed by atoms with van der Waals surface area (Å²) in [7, 11) is 3.97. The van der Waals surface area contributed by atoms with Crippen LogP contribution in [-0.2, 0) is 0 Å². The molecule has 0 spiro atoms. The largest absolute Gasteiger partial charge is 0.349 e. The zero-order valence-electron chi connectivity index (χ0n) is 12.8. The van der Waals surface area contributed by atoms with E-state index in [0.29, 0.717) is 17.4 Å². The van der Waals surface area contributed by atoms with Gasteiger partial charge in [-0.05, 0) is 39.4 Å². The van der Waals surface area contributed by atoms with Gasteiger partial charge in [0.15, 0.2) is 0 Å². The Morgan fingerprint density at radius 2 is 2.00 bits per heavy atom. The predicted molar refractivity (Wildman–Crippen MR) is 86.9 cm³/mol. The SMILES string of the molecule is CN(C)C(C)(C)CNC(=O)c1cc2ccccc2c(Cl)n1. The predicted octanol–water partition coefficient (Wildman–Crippen LogP) is 2.96. The van der Waals surface area contributed by atoms with E-state index >= 15 is 0 Å². The molecule has 1 heterocycles. The molecule has 2 aromatic rings. The van der Waals surface area contributed by atoms with Crippen molar-refractivity contribution < 1.29 is 4.79 Å². The zero-order chi connectivity index (χ0) is 15.6. The molecule has 1 aromatic carbocycles. The van der Waals surface area contributed by atoms with Crippen molar-refractivity contribution in [2.24, 2.45) is 0 Å². The second-order valence-corrected chi connectivity index (χ2v) is 6.27. The molecule has 0 bridgehead atoms. The number of rotatable bonds is 4. The Balaban J connectivity index is 2.20. The monoisotopic (exact) mass is 305 g/mol. The van der Waals surface area contributed by atoms with Gasteiger partial charge in [-0.1, -0.05) is 35.9 Å². The number of carbonyl (C=O) groups excluding carboxylic acids is 1. The topological polar surface area (TPSA) is 45.2 Å². The third kappa shape index (κ3) is 3.52. The standard InChI is InChI=1S/C16H20ClN3O/c1-16(2,20(3)4)10-18-15(21)13-9-11-7-5-6-8-12(11)14(17)19-13/h5-9H,10H2,1-4H3,(H,18,21). The molecule has 0 unspecified atom stereocenters. The summed E-state index contributed by atoms with van der Waals surface area (Å²) in [5.41, 5.74) is 0.212. The van der Waals surface area contributed by atoms with Crippen molar-refractivity contribution in [3.63, 3.8) is 0 Å². The maximum absolute atomic E-state index is 12.3. The van der Waals surface area contributed by atoms with E-state index in [9.17, 15) is 4.79 Å². The van der Waals surface area contributed by atoms with Gasteiger partial charge in [0.2, 0.25) is 0 Å². The van der Waals surface area contributed by atoms with E-state index in [-0.39, 0.29) is 11.4 Å². The van der Waals surface area contributed by atoms with Gasteiger partial charge in [0.25, 0.3) is 5.91 Å². The molecule has 0 saturated carbocycles. The molecular formula is C16H20ClN3O. The first-order valence-corrected chi connectivity index (χ1v) is 7.20. The summed E-state index contributed by atoms with van der Waals surface area (Å²) in [6.45, 7) is 4.66. The number of amides is 1. The molecule has 1 amide bonds. The molecule has 21 heavy (non-hydrogen) atoms. The summed E-state index contributed by atoms with van der Waals surface area (Å²) < 4.78 is 0. The maximum atomic E-state index is 12.3. The lowest BCUT2D eigenvalue weighted by Crippen LogP contribution is -2.48. The van der Waals surface area contributed by atoms with E-state index in [1.807, 2.05) is 38.4 Å². The summed E-state index contributed by atoms with van der Waals surface area (Å²) in [6.07, 6.45) is 0. The smallest absolute Gasteiger partial charge is 0.270 e. The Bertz CT molecular complexity index is 668. The van der Waals surface area contributed by atoms with Crippen LogP contribution in [0.2, 0.25) is 5.15 Å². The summed E-state index contributed by atoms with van der Waals surface area (Å²) >= 11 is 6.15. The number of pyridine rings is 1. The minimum absolute atomic E-state index is 0.129.